The molecule has 0 N–H and O–H groups in total. The number of imidazole rings is 1. The van der Waals surface area contributed by atoms with E-state index in [9.17, 15) is 13.2 Å². The summed E-state index contributed by atoms with van der Waals surface area (Å²) < 4.78 is 34.3. The Morgan fingerprint density at radius 3 is 2.58 bits per heavy atom. The van der Waals surface area contributed by atoms with E-state index in [0.717, 1.165) is 25.2 Å². The van der Waals surface area contributed by atoms with Crippen LogP contribution in [0.25, 0.3) is 0 Å². The lowest BCUT2D eigenvalue weighted by atomic mass is 9.98. The van der Waals surface area contributed by atoms with Crippen molar-refractivity contribution >= 4 is 16.0 Å². The topological polar surface area (TPSA) is 81.5 Å². The van der Waals surface area contributed by atoms with Gasteiger partial charge in [0.25, 0.3) is 0 Å². The summed E-state index contributed by atoms with van der Waals surface area (Å²) in [5, 5.41) is 0. The Hall–Kier alpha value is -2.19. The first-order valence-corrected chi connectivity index (χ1v) is 10.0. The molecule has 8 heteroatoms. The van der Waals surface area contributed by atoms with E-state index in [4.69, 9.17) is 4.74 Å². The lowest BCUT2D eigenvalue weighted by Gasteiger charge is -2.31. The number of hydrogen-bond acceptors (Lipinski definition) is 5. The van der Waals surface area contributed by atoms with Crippen LogP contribution in [0.2, 0.25) is 0 Å². The van der Waals surface area contributed by atoms with Gasteiger partial charge in [-0.3, -0.25) is 0 Å². The number of ether oxygens (including phenoxy) is 1. The maximum atomic E-state index is 13.0. The van der Waals surface area contributed by atoms with E-state index >= 15 is 0 Å². The van der Waals surface area contributed by atoms with Gasteiger partial charge in [0.1, 0.15) is 5.82 Å². The smallest absolute Gasteiger partial charge is 0.339 e. The van der Waals surface area contributed by atoms with E-state index in [-0.39, 0.29) is 10.5 Å². The molecule has 7 nitrogen and oxygen atoms in total. The molecule has 0 aliphatic carbocycles. The number of carbonyl (C=O) groups excluding carboxylic acids is 1. The first kappa shape index (κ1) is 18.6. The molecule has 1 aromatic carbocycles. The van der Waals surface area contributed by atoms with Crippen molar-refractivity contribution in [2.75, 3.05) is 20.2 Å². The van der Waals surface area contributed by atoms with E-state index in [2.05, 4.69) is 9.55 Å². The first-order chi connectivity index (χ1) is 12.4. The fourth-order valence-electron chi connectivity index (χ4n) is 3.32. The minimum atomic E-state index is -3.73. The van der Waals surface area contributed by atoms with E-state index in [1.807, 2.05) is 13.1 Å². The molecule has 26 heavy (non-hydrogen) atoms. The molecule has 0 atom stereocenters. The summed E-state index contributed by atoms with van der Waals surface area (Å²) in [6.45, 7) is 3.69. The SMILES string of the molecule is COC(=O)c1ccccc1S(=O)(=O)N1CCC(Cn2ccnc2C)CC1. The number of aryl methyl sites for hydroxylation is 1. The van der Waals surface area contributed by atoms with E-state index < -0.39 is 16.0 Å². The zero-order chi connectivity index (χ0) is 18.7. The van der Waals surface area contributed by atoms with Crippen LogP contribution in [-0.4, -0.2) is 48.4 Å². The van der Waals surface area contributed by atoms with Gasteiger partial charge in [-0.15, -0.1) is 0 Å². The van der Waals surface area contributed by atoms with Gasteiger partial charge in [-0.1, -0.05) is 12.1 Å². The highest BCUT2D eigenvalue weighted by molar-refractivity contribution is 7.89. The number of methoxy groups -OCH3 is 1. The fraction of sp³-hybridized carbons (Fsp3) is 0.444. The Kier molecular flexibility index (Phi) is 5.43. The average molecular weight is 377 g/mol. The molecule has 1 aliphatic rings. The Bertz CT molecular complexity index is 883. The van der Waals surface area contributed by atoms with Crippen LogP contribution in [0, 0.1) is 12.8 Å². The van der Waals surface area contributed by atoms with Gasteiger partial charge in [0.2, 0.25) is 10.0 Å². The molecule has 1 fully saturated rings. The van der Waals surface area contributed by atoms with Crippen LogP contribution in [0.4, 0.5) is 0 Å². The molecule has 0 bridgehead atoms. The number of carbonyl (C=O) groups is 1. The first-order valence-electron chi connectivity index (χ1n) is 8.58. The highest BCUT2D eigenvalue weighted by Gasteiger charge is 2.32. The molecule has 140 valence electrons. The Morgan fingerprint density at radius 1 is 1.27 bits per heavy atom. The molecule has 2 aromatic rings. The van der Waals surface area contributed by atoms with Gasteiger partial charge in [0, 0.05) is 32.0 Å². The number of esters is 1. The van der Waals surface area contributed by atoms with Gasteiger partial charge in [-0.05, 0) is 37.8 Å². The van der Waals surface area contributed by atoms with Crippen LogP contribution >= 0.6 is 0 Å². The van der Waals surface area contributed by atoms with Crippen molar-refractivity contribution in [3.05, 3.63) is 48.0 Å². The molecule has 1 aliphatic heterocycles. The standard InChI is InChI=1S/C18H23N3O4S/c1-14-19-9-12-20(14)13-15-7-10-21(11-8-15)26(23,24)17-6-4-3-5-16(17)18(22)25-2/h3-6,9,12,15H,7-8,10-11,13H2,1-2H3. The van der Waals surface area contributed by atoms with Gasteiger partial charge in [-0.25, -0.2) is 18.2 Å². The van der Waals surface area contributed by atoms with Crippen LogP contribution in [0.3, 0.4) is 0 Å². The molecule has 3 rings (SSSR count). The molecular weight excluding hydrogens is 354 g/mol. The van der Waals surface area contributed by atoms with Crippen molar-refractivity contribution in [3.8, 4) is 0 Å². The van der Waals surface area contributed by atoms with Crippen LogP contribution in [-0.2, 0) is 21.3 Å². The van der Waals surface area contributed by atoms with Crippen molar-refractivity contribution in [2.45, 2.75) is 31.2 Å². The number of piperidine rings is 1. The van der Waals surface area contributed by atoms with E-state index in [1.165, 1.54) is 23.5 Å². The minimum Gasteiger partial charge on any atom is -0.465 e. The molecule has 0 unspecified atom stereocenters. The zero-order valence-corrected chi connectivity index (χ0v) is 15.8. The average Bonchev–Trinajstić information content (AvgIpc) is 3.06. The normalized spacial score (nSPS) is 16.5. The summed E-state index contributed by atoms with van der Waals surface area (Å²) >= 11 is 0. The van der Waals surface area contributed by atoms with Crippen LogP contribution < -0.4 is 0 Å². The number of hydrogen-bond donors (Lipinski definition) is 0. The van der Waals surface area contributed by atoms with Crippen molar-refractivity contribution in [1.82, 2.24) is 13.9 Å². The Morgan fingerprint density at radius 2 is 1.96 bits per heavy atom. The van der Waals surface area contributed by atoms with Crippen LogP contribution in [0.5, 0.6) is 0 Å². The third-order valence-corrected chi connectivity index (χ3v) is 6.82. The van der Waals surface area contributed by atoms with Gasteiger partial charge < -0.3 is 9.30 Å². The second-order valence-corrected chi connectivity index (χ2v) is 8.37. The monoisotopic (exact) mass is 377 g/mol. The van der Waals surface area contributed by atoms with Gasteiger partial charge in [-0.2, -0.15) is 4.31 Å². The highest BCUT2D eigenvalue weighted by atomic mass is 32.2. The lowest BCUT2D eigenvalue weighted by molar-refractivity contribution is 0.0596. The van der Waals surface area contributed by atoms with Gasteiger partial charge in [0.05, 0.1) is 17.6 Å². The number of nitrogens with zero attached hydrogens (tertiary/aromatic N) is 3. The fourth-order valence-corrected chi connectivity index (χ4v) is 4.97. The van der Waals surface area contributed by atoms with E-state index in [1.54, 1.807) is 18.3 Å². The number of benzene rings is 1. The molecule has 1 aromatic heterocycles. The molecule has 1 saturated heterocycles. The molecule has 0 radical (unpaired) electrons. The highest BCUT2D eigenvalue weighted by Crippen LogP contribution is 2.27. The second kappa shape index (κ2) is 7.59. The number of rotatable bonds is 5. The summed E-state index contributed by atoms with van der Waals surface area (Å²) in [4.78, 5) is 16.1. The number of sulfonamides is 1. The Balaban J connectivity index is 1.73. The summed E-state index contributed by atoms with van der Waals surface area (Å²) in [5.41, 5.74) is 0.0752. The van der Waals surface area contributed by atoms with Gasteiger partial charge >= 0.3 is 5.97 Å². The van der Waals surface area contributed by atoms with Crippen molar-refractivity contribution in [3.63, 3.8) is 0 Å². The Labute approximate surface area is 153 Å². The zero-order valence-electron chi connectivity index (χ0n) is 15.0. The maximum Gasteiger partial charge on any atom is 0.339 e. The number of aromatic nitrogens is 2. The van der Waals surface area contributed by atoms with Crippen LogP contribution in [0.1, 0.15) is 29.0 Å². The van der Waals surface area contributed by atoms with Crippen molar-refractivity contribution in [1.29, 1.82) is 0 Å². The summed E-state index contributed by atoms with van der Waals surface area (Å²) in [6.07, 6.45) is 5.28. The third-order valence-electron chi connectivity index (χ3n) is 4.86. The minimum absolute atomic E-state index is 0.00996. The predicted octanol–water partition coefficient (Wildman–Crippen LogP) is 2.08. The van der Waals surface area contributed by atoms with Crippen LogP contribution in [0.15, 0.2) is 41.6 Å². The molecule has 0 amide bonds. The summed E-state index contributed by atoms with van der Waals surface area (Å²) in [7, 11) is -2.48. The quantitative estimate of drug-likeness (QED) is 0.745. The molecular formula is C18H23N3O4S. The third kappa shape index (κ3) is 3.66. The predicted molar refractivity (Wildman–Crippen MR) is 96.2 cm³/mol. The largest absolute Gasteiger partial charge is 0.465 e. The summed E-state index contributed by atoms with van der Waals surface area (Å²) in [6, 6.07) is 6.19. The summed E-state index contributed by atoms with van der Waals surface area (Å²) in [5.74, 6) is 0.729. The van der Waals surface area contributed by atoms with Crippen molar-refractivity contribution in [2.24, 2.45) is 5.92 Å². The second-order valence-electron chi connectivity index (χ2n) is 6.46. The molecule has 0 spiro atoms. The molecule has 0 saturated carbocycles. The van der Waals surface area contributed by atoms with Gasteiger partial charge in [0.15, 0.2) is 0 Å². The lowest BCUT2D eigenvalue weighted by Crippen LogP contribution is -2.39. The van der Waals surface area contributed by atoms with E-state index in [0.29, 0.717) is 19.0 Å². The molecule has 2 heterocycles. The maximum absolute atomic E-state index is 13.0. The van der Waals surface area contributed by atoms with Crippen molar-refractivity contribution < 1.29 is 17.9 Å².